The fraction of sp³-hybridized carbons (Fsp3) is 0.458. The number of likely N-dealkylation sites (tertiary alicyclic amines) is 1. The zero-order chi connectivity index (χ0) is 21.1. The third-order valence-corrected chi connectivity index (χ3v) is 6.31. The van der Waals surface area contributed by atoms with E-state index in [4.69, 9.17) is 4.74 Å². The number of carbonyl (C=O) groups is 1. The number of rotatable bonds is 4. The van der Waals surface area contributed by atoms with Gasteiger partial charge in [-0.2, -0.15) is 0 Å². The van der Waals surface area contributed by atoms with Crippen LogP contribution in [-0.4, -0.2) is 48.3 Å². The Morgan fingerprint density at radius 3 is 2.60 bits per heavy atom. The summed E-state index contributed by atoms with van der Waals surface area (Å²) < 4.78 is 32.5. The van der Waals surface area contributed by atoms with Gasteiger partial charge in [-0.15, -0.1) is 0 Å². The van der Waals surface area contributed by atoms with Crippen LogP contribution in [0.4, 0.5) is 8.78 Å². The molecule has 4 rings (SSSR count). The molecule has 0 spiro atoms. The van der Waals surface area contributed by atoms with E-state index in [0.717, 1.165) is 30.0 Å². The Bertz CT molecular complexity index is 911. The third kappa shape index (κ3) is 4.40. The van der Waals surface area contributed by atoms with E-state index in [1.165, 1.54) is 6.07 Å². The lowest BCUT2D eigenvalue weighted by Crippen LogP contribution is -2.52. The molecule has 2 heterocycles. The van der Waals surface area contributed by atoms with Gasteiger partial charge in [0.15, 0.2) is 11.6 Å². The summed E-state index contributed by atoms with van der Waals surface area (Å²) >= 11 is 0. The summed E-state index contributed by atoms with van der Waals surface area (Å²) in [5.74, 6) is -1.66. The smallest absolute Gasteiger partial charge is 0.229 e. The van der Waals surface area contributed by atoms with Gasteiger partial charge in [-0.1, -0.05) is 30.3 Å². The van der Waals surface area contributed by atoms with Gasteiger partial charge in [-0.3, -0.25) is 4.79 Å². The maximum absolute atomic E-state index is 13.7. The molecule has 2 aliphatic heterocycles. The lowest BCUT2D eigenvalue weighted by molar-refractivity contribution is -0.151. The number of carbonyl (C=O) groups excluding carboxylic acids is 1. The first-order valence-corrected chi connectivity index (χ1v) is 10.6. The summed E-state index contributed by atoms with van der Waals surface area (Å²) in [5.41, 5.74) is 1.80. The molecule has 0 aromatic heterocycles. The second-order valence-corrected chi connectivity index (χ2v) is 8.45. The lowest BCUT2D eigenvalue weighted by atomic mass is 9.73. The van der Waals surface area contributed by atoms with Crippen molar-refractivity contribution in [1.82, 2.24) is 4.90 Å². The van der Waals surface area contributed by atoms with Gasteiger partial charge in [-0.05, 0) is 60.9 Å². The van der Waals surface area contributed by atoms with Gasteiger partial charge in [0.05, 0.1) is 11.5 Å². The van der Waals surface area contributed by atoms with Gasteiger partial charge >= 0.3 is 0 Å². The van der Waals surface area contributed by atoms with Gasteiger partial charge in [0.2, 0.25) is 5.91 Å². The molecule has 0 saturated carbocycles. The maximum atomic E-state index is 13.7. The third-order valence-electron chi connectivity index (χ3n) is 6.31. The number of nitrogens with zero attached hydrogens (tertiary/aromatic N) is 1. The molecule has 0 radical (unpaired) electrons. The highest BCUT2D eigenvalue weighted by atomic mass is 19.2. The van der Waals surface area contributed by atoms with Crippen molar-refractivity contribution in [3.05, 3.63) is 59.7 Å². The van der Waals surface area contributed by atoms with E-state index in [1.807, 2.05) is 24.3 Å². The van der Waals surface area contributed by atoms with Crippen LogP contribution in [0.25, 0.3) is 11.1 Å². The van der Waals surface area contributed by atoms with Crippen LogP contribution in [-0.2, 0) is 16.0 Å². The van der Waals surface area contributed by atoms with Crippen molar-refractivity contribution in [3.63, 3.8) is 0 Å². The summed E-state index contributed by atoms with van der Waals surface area (Å²) in [5, 5.41) is 10.0. The molecule has 30 heavy (non-hydrogen) atoms. The van der Waals surface area contributed by atoms with Gasteiger partial charge in [0.25, 0.3) is 0 Å². The molecule has 2 aliphatic rings. The zero-order valence-electron chi connectivity index (χ0n) is 16.9. The van der Waals surface area contributed by atoms with Crippen LogP contribution < -0.4 is 0 Å². The summed E-state index contributed by atoms with van der Waals surface area (Å²) in [6.07, 6.45) is 2.90. The summed E-state index contributed by atoms with van der Waals surface area (Å²) in [4.78, 5) is 15.3. The van der Waals surface area contributed by atoms with Crippen molar-refractivity contribution >= 4 is 5.91 Å². The van der Waals surface area contributed by atoms with Crippen LogP contribution in [0, 0.1) is 17.0 Å². The average Bonchev–Trinajstić information content (AvgIpc) is 2.76. The number of ether oxygens (including phenoxy) is 1. The predicted molar refractivity (Wildman–Crippen MR) is 110 cm³/mol. The zero-order valence-corrected chi connectivity index (χ0v) is 16.9. The normalized spacial score (nSPS) is 21.4. The number of aliphatic hydroxyl groups excluding tert-OH is 1. The standard InChI is InChI=1S/C24H27F2NO3/c25-21-7-6-19(14-22(21)26)18-4-1-3-17(13-18)15-24(8-11-30-12-9-24)23(29)27-10-2-5-20(28)16-27/h1,3-4,6-7,13-14,20,28H,2,5,8-12,15-16H2/t20-/m0/s1. The number of halogens is 2. The Balaban J connectivity index is 1.60. The number of aliphatic hydroxyl groups is 1. The summed E-state index contributed by atoms with van der Waals surface area (Å²) in [6, 6.07) is 11.5. The van der Waals surface area contributed by atoms with Gasteiger partial charge in [0.1, 0.15) is 0 Å². The molecule has 4 nitrogen and oxygen atoms in total. The summed E-state index contributed by atoms with van der Waals surface area (Å²) in [7, 11) is 0. The molecule has 1 atom stereocenters. The Hall–Kier alpha value is -2.31. The first-order chi connectivity index (χ1) is 14.5. The quantitative estimate of drug-likeness (QED) is 0.823. The monoisotopic (exact) mass is 415 g/mol. The molecule has 2 aromatic carbocycles. The highest BCUT2D eigenvalue weighted by molar-refractivity contribution is 5.83. The van der Waals surface area contributed by atoms with E-state index in [9.17, 15) is 18.7 Å². The van der Waals surface area contributed by atoms with E-state index in [-0.39, 0.29) is 5.91 Å². The van der Waals surface area contributed by atoms with Crippen LogP contribution in [0.1, 0.15) is 31.2 Å². The minimum Gasteiger partial charge on any atom is -0.391 e. The fourth-order valence-electron chi connectivity index (χ4n) is 4.63. The first-order valence-electron chi connectivity index (χ1n) is 10.6. The van der Waals surface area contributed by atoms with Crippen molar-refractivity contribution < 1.29 is 23.4 Å². The Morgan fingerprint density at radius 2 is 1.87 bits per heavy atom. The van der Waals surface area contributed by atoms with Crippen molar-refractivity contribution in [1.29, 1.82) is 0 Å². The van der Waals surface area contributed by atoms with Crippen LogP contribution in [0.3, 0.4) is 0 Å². The topological polar surface area (TPSA) is 49.8 Å². The molecule has 1 amide bonds. The van der Waals surface area contributed by atoms with Gasteiger partial charge in [-0.25, -0.2) is 8.78 Å². The van der Waals surface area contributed by atoms with E-state index in [2.05, 4.69) is 0 Å². The molecule has 2 fully saturated rings. The molecule has 2 aromatic rings. The number of hydrogen-bond acceptors (Lipinski definition) is 3. The molecule has 1 N–H and O–H groups in total. The second-order valence-electron chi connectivity index (χ2n) is 8.45. The number of β-amino-alcohol motifs (C(OH)–C–C–N with tert-alkyl or cyclic N) is 1. The average molecular weight is 415 g/mol. The van der Waals surface area contributed by atoms with Gasteiger partial charge < -0.3 is 14.7 Å². The van der Waals surface area contributed by atoms with E-state index >= 15 is 0 Å². The van der Waals surface area contributed by atoms with Crippen molar-refractivity contribution in [2.75, 3.05) is 26.3 Å². The molecular formula is C24H27F2NO3. The number of amides is 1. The Morgan fingerprint density at radius 1 is 1.10 bits per heavy atom. The largest absolute Gasteiger partial charge is 0.391 e. The lowest BCUT2D eigenvalue weighted by Gasteiger charge is -2.42. The van der Waals surface area contributed by atoms with E-state index in [0.29, 0.717) is 51.1 Å². The van der Waals surface area contributed by atoms with Crippen molar-refractivity contribution in [2.24, 2.45) is 5.41 Å². The molecule has 2 saturated heterocycles. The van der Waals surface area contributed by atoms with Crippen molar-refractivity contribution in [2.45, 2.75) is 38.2 Å². The highest BCUT2D eigenvalue weighted by Crippen LogP contribution is 2.38. The molecule has 0 aliphatic carbocycles. The minimum absolute atomic E-state index is 0.0859. The fourth-order valence-corrected chi connectivity index (χ4v) is 4.63. The van der Waals surface area contributed by atoms with Crippen LogP contribution >= 0.6 is 0 Å². The van der Waals surface area contributed by atoms with E-state index < -0.39 is 23.2 Å². The molecule has 160 valence electrons. The Labute approximate surface area is 175 Å². The minimum atomic E-state index is -0.877. The SMILES string of the molecule is O=C(N1CCC[C@H](O)C1)C1(Cc2cccc(-c3ccc(F)c(F)c3)c2)CCOCC1. The van der Waals surface area contributed by atoms with E-state index in [1.54, 1.807) is 11.0 Å². The second kappa shape index (κ2) is 8.82. The Kier molecular flexibility index (Phi) is 6.16. The molecule has 0 unspecified atom stereocenters. The molecule has 6 heteroatoms. The van der Waals surface area contributed by atoms with Crippen LogP contribution in [0.2, 0.25) is 0 Å². The van der Waals surface area contributed by atoms with Crippen LogP contribution in [0.5, 0.6) is 0 Å². The van der Waals surface area contributed by atoms with Crippen LogP contribution in [0.15, 0.2) is 42.5 Å². The maximum Gasteiger partial charge on any atom is 0.229 e. The summed E-state index contributed by atoms with van der Waals surface area (Å²) in [6.45, 7) is 2.12. The number of piperidine rings is 1. The van der Waals surface area contributed by atoms with Gasteiger partial charge in [0, 0.05) is 26.3 Å². The first kappa shape index (κ1) is 20.9. The molecule has 0 bridgehead atoms. The number of benzene rings is 2. The highest BCUT2D eigenvalue weighted by Gasteiger charge is 2.43. The molecular weight excluding hydrogens is 388 g/mol. The predicted octanol–water partition coefficient (Wildman–Crippen LogP) is 3.95. The number of hydrogen-bond donors (Lipinski definition) is 1. The van der Waals surface area contributed by atoms with Crippen molar-refractivity contribution in [3.8, 4) is 11.1 Å².